The summed E-state index contributed by atoms with van der Waals surface area (Å²) in [6, 6.07) is 10.9. The molecule has 0 bridgehead atoms. The molecule has 0 radical (unpaired) electrons. The third-order valence-corrected chi connectivity index (χ3v) is 5.37. The molecule has 0 spiro atoms. The highest BCUT2D eigenvalue weighted by Gasteiger charge is 2.17. The Balaban J connectivity index is 1.43. The third kappa shape index (κ3) is 4.52. The van der Waals surface area contributed by atoms with Crippen LogP contribution in [0, 0.1) is 10.1 Å². The van der Waals surface area contributed by atoms with Crippen LogP contribution in [0.5, 0.6) is 0 Å². The third-order valence-electron chi connectivity index (χ3n) is 5.37. The summed E-state index contributed by atoms with van der Waals surface area (Å²) >= 11 is 0. The maximum Gasteiger partial charge on any atom is 0.419 e. The zero-order chi connectivity index (χ0) is 23.5. The molecule has 2 aromatic heterocycles. The lowest BCUT2D eigenvalue weighted by atomic mass is 10.2. The van der Waals surface area contributed by atoms with E-state index in [-0.39, 0.29) is 42.2 Å². The van der Waals surface area contributed by atoms with Crippen molar-refractivity contribution in [1.29, 1.82) is 0 Å². The molecule has 33 heavy (non-hydrogen) atoms. The number of oxazole rings is 1. The minimum atomic E-state index is -0.636. The second kappa shape index (κ2) is 9.07. The van der Waals surface area contributed by atoms with Crippen LogP contribution in [0.1, 0.15) is 25.6 Å². The second-order valence-electron chi connectivity index (χ2n) is 7.47. The summed E-state index contributed by atoms with van der Waals surface area (Å²) in [5, 5.41) is 11.4. The first-order chi connectivity index (χ1) is 15.9. The predicted molar refractivity (Wildman–Crippen MR) is 120 cm³/mol. The molecule has 0 saturated carbocycles. The number of rotatable bonds is 8. The van der Waals surface area contributed by atoms with Gasteiger partial charge in [-0.05, 0) is 31.5 Å². The number of aryl methyl sites for hydroxylation is 1. The van der Waals surface area contributed by atoms with Crippen molar-refractivity contribution in [2.45, 2.75) is 32.9 Å². The van der Waals surface area contributed by atoms with Gasteiger partial charge >= 0.3 is 5.76 Å². The maximum absolute atomic E-state index is 12.7. The maximum atomic E-state index is 12.7. The summed E-state index contributed by atoms with van der Waals surface area (Å²) in [7, 11) is 0. The Hall–Kier alpha value is -4.28. The van der Waals surface area contributed by atoms with Gasteiger partial charge in [0.05, 0.1) is 34.0 Å². The zero-order valence-electron chi connectivity index (χ0n) is 17.8. The Labute approximate surface area is 186 Å². The van der Waals surface area contributed by atoms with Gasteiger partial charge in [0.25, 0.3) is 11.2 Å². The lowest BCUT2D eigenvalue weighted by Crippen LogP contribution is -2.32. The van der Waals surface area contributed by atoms with Crippen molar-refractivity contribution in [1.82, 2.24) is 19.4 Å². The molecule has 1 N–H and O–H groups in total. The van der Waals surface area contributed by atoms with Crippen molar-refractivity contribution in [3.8, 4) is 0 Å². The van der Waals surface area contributed by atoms with E-state index in [0.29, 0.717) is 35.2 Å². The molecule has 0 saturated heterocycles. The van der Waals surface area contributed by atoms with Gasteiger partial charge in [-0.15, -0.1) is 0 Å². The van der Waals surface area contributed by atoms with E-state index >= 15 is 0 Å². The number of nitrogens with zero attached hydrogens (tertiary/aromatic N) is 4. The summed E-state index contributed by atoms with van der Waals surface area (Å²) in [6.45, 7) is 2.64. The Morgan fingerprint density at radius 1 is 1.24 bits per heavy atom. The van der Waals surface area contributed by atoms with E-state index in [1.54, 1.807) is 29.2 Å². The van der Waals surface area contributed by atoms with Gasteiger partial charge in [0.15, 0.2) is 5.58 Å². The second-order valence-corrected chi connectivity index (χ2v) is 7.47. The number of hydrogen-bond donors (Lipinski definition) is 1. The van der Waals surface area contributed by atoms with Crippen LogP contribution in [0.25, 0.3) is 22.0 Å². The van der Waals surface area contributed by atoms with Gasteiger partial charge in [0.2, 0.25) is 5.91 Å². The number of hydrogen-bond acceptors (Lipinski definition) is 7. The van der Waals surface area contributed by atoms with Crippen LogP contribution in [0.2, 0.25) is 0 Å². The molecule has 4 rings (SSSR count). The van der Waals surface area contributed by atoms with Gasteiger partial charge < -0.3 is 14.3 Å². The molecule has 0 aliphatic heterocycles. The Morgan fingerprint density at radius 3 is 2.79 bits per heavy atom. The number of carbonyl (C=O) groups is 1. The molecule has 1 amide bonds. The molecule has 11 heteroatoms. The van der Waals surface area contributed by atoms with Crippen LogP contribution >= 0.6 is 0 Å². The number of non-ortho nitro benzene ring substituents is 1. The molecule has 0 aliphatic rings. The number of nitro groups is 1. The van der Waals surface area contributed by atoms with Gasteiger partial charge in [0.1, 0.15) is 5.82 Å². The van der Waals surface area contributed by atoms with E-state index < -0.39 is 10.7 Å². The van der Waals surface area contributed by atoms with Gasteiger partial charge in [-0.1, -0.05) is 12.1 Å². The largest absolute Gasteiger partial charge is 0.419 e. The highest BCUT2D eigenvalue weighted by molar-refractivity contribution is 5.78. The minimum absolute atomic E-state index is 0.127. The fraction of sp³-hybridized carbons (Fsp3) is 0.273. The fourth-order valence-electron chi connectivity index (χ4n) is 3.69. The number of carbonyl (C=O) groups excluding carboxylic acids is 1. The summed E-state index contributed by atoms with van der Waals surface area (Å²) in [5.41, 5.74) is 0.694. The smallest absolute Gasteiger partial charge is 0.407 e. The number of para-hydroxylation sites is 1. The van der Waals surface area contributed by atoms with Crippen LogP contribution in [0.3, 0.4) is 0 Å². The number of aromatic nitrogens is 3. The number of H-pyrrole nitrogens is 1. The zero-order valence-corrected chi connectivity index (χ0v) is 17.8. The van der Waals surface area contributed by atoms with Crippen molar-refractivity contribution >= 4 is 33.6 Å². The number of nitrogens with one attached hydrogen (secondary N) is 1. The van der Waals surface area contributed by atoms with Crippen LogP contribution < -0.4 is 11.3 Å². The van der Waals surface area contributed by atoms with Crippen molar-refractivity contribution in [2.75, 3.05) is 6.54 Å². The van der Waals surface area contributed by atoms with Gasteiger partial charge in [-0.25, -0.2) is 9.78 Å². The quantitative estimate of drug-likeness (QED) is 0.320. The van der Waals surface area contributed by atoms with E-state index in [9.17, 15) is 24.5 Å². The molecular formula is C22H21N5O6. The average molecular weight is 451 g/mol. The molecule has 0 fully saturated rings. The monoisotopic (exact) mass is 451 g/mol. The summed E-state index contributed by atoms with van der Waals surface area (Å²) < 4.78 is 6.46. The first kappa shape index (κ1) is 21.9. The van der Waals surface area contributed by atoms with E-state index in [1.807, 2.05) is 6.92 Å². The van der Waals surface area contributed by atoms with Crippen molar-refractivity contribution in [3.05, 3.63) is 79.3 Å². The van der Waals surface area contributed by atoms with Gasteiger partial charge in [-0.2, -0.15) is 0 Å². The first-order valence-electron chi connectivity index (χ1n) is 10.4. The minimum Gasteiger partial charge on any atom is -0.407 e. The lowest BCUT2D eigenvalue weighted by molar-refractivity contribution is -0.384. The topological polar surface area (TPSA) is 144 Å². The summed E-state index contributed by atoms with van der Waals surface area (Å²) in [4.78, 5) is 56.2. The van der Waals surface area contributed by atoms with E-state index in [2.05, 4.69) is 9.97 Å². The highest BCUT2D eigenvalue weighted by Crippen LogP contribution is 2.20. The van der Waals surface area contributed by atoms with E-state index in [0.717, 1.165) is 0 Å². The molecular weight excluding hydrogens is 430 g/mol. The average Bonchev–Trinajstić information content (AvgIpc) is 3.11. The summed E-state index contributed by atoms with van der Waals surface area (Å²) in [6.07, 6.45) is 0.528. The fourth-order valence-corrected chi connectivity index (χ4v) is 3.69. The molecule has 2 heterocycles. The Kier molecular flexibility index (Phi) is 6.03. The van der Waals surface area contributed by atoms with Gasteiger partial charge in [-0.3, -0.25) is 24.3 Å². The predicted octanol–water partition coefficient (Wildman–Crippen LogP) is 2.57. The standard InChI is InChI=1S/C22H21N5O6/c1-2-25(13-19-23-16-7-4-3-6-15(16)21(29)24-19)20(28)8-5-11-26-17-10-9-14(27(31)32)12-18(17)33-22(26)30/h3-4,6-7,9-10,12H,2,5,8,11,13H2,1H3,(H,23,24,29). The van der Waals surface area contributed by atoms with Crippen LogP contribution in [0.4, 0.5) is 5.69 Å². The SMILES string of the molecule is CCN(Cc1nc2ccccc2c(=O)[nH]1)C(=O)CCCn1c(=O)oc2cc([N+](=O)[O-])ccc21. The Morgan fingerprint density at radius 2 is 2.03 bits per heavy atom. The number of aromatic amines is 1. The molecule has 4 aromatic rings. The lowest BCUT2D eigenvalue weighted by Gasteiger charge is -2.20. The molecule has 170 valence electrons. The number of nitro benzene ring substituents is 1. The normalized spacial score (nSPS) is 11.2. The van der Waals surface area contributed by atoms with Crippen LogP contribution in [-0.4, -0.2) is 36.8 Å². The van der Waals surface area contributed by atoms with Crippen molar-refractivity contribution in [3.63, 3.8) is 0 Å². The van der Waals surface area contributed by atoms with Crippen molar-refractivity contribution in [2.24, 2.45) is 0 Å². The first-order valence-corrected chi connectivity index (χ1v) is 10.4. The van der Waals surface area contributed by atoms with Gasteiger partial charge in [0, 0.05) is 25.6 Å². The number of amides is 1. The Bertz CT molecular complexity index is 1470. The molecule has 0 unspecified atom stereocenters. The molecule has 0 atom stereocenters. The van der Waals surface area contributed by atoms with Crippen LogP contribution in [0.15, 0.2) is 56.5 Å². The molecule has 2 aromatic carbocycles. The van der Waals surface area contributed by atoms with Crippen molar-refractivity contribution < 1.29 is 14.1 Å². The number of fused-ring (bicyclic) bond motifs is 2. The molecule has 0 aliphatic carbocycles. The summed E-state index contributed by atoms with van der Waals surface area (Å²) in [5.74, 6) is -0.388. The van der Waals surface area contributed by atoms with E-state index in [4.69, 9.17) is 4.42 Å². The van der Waals surface area contributed by atoms with Crippen LogP contribution in [-0.2, 0) is 17.9 Å². The van der Waals surface area contributed by atoms with E-state index in [1.165, 1.54) is 22.8 Å². The molecule has 11 nitrogen and oxygen atoms in total. The number of benzene rings is 2. The highest BCUT2D eigenvalue weighted by atomic mass is 16.6.